The van der Waals surface area contributed by atoms with Crippen LogP contribution in [0.1, 0.15) is 38.7 Å². The Morgan fingerprint density at radius 1 is 1.19 bits per heavy atom. The Labute approximate surface area is 186 Å². The van der Waals surface area contributed by atoms with E-state index in [0.29, 0.717) is 18.6 Å². The van der Waals surface area contributed by atoms with E-state index < -0.39 is 11.2 Å². The lowest BCUT2D eigenvalue weighted by atomic mass is 10.1. The van der Waals surface area contributed by atoms with Crippen LogP contribution in [0.3, 0.4) is 0 Å². The van der Waals surface area contributed by atoms with Gasteiger partial charge in [0.1, 0.15) is 12.4 Å². The fourth-order valence-electron chi connectivity index (χ4n) is 2.83. The third-order valence-electron chi connectivity index (χ3n) is 4.53. The topological polar surface area (TPSA) is 135 Å². The normalized spacial score (nSPS) is 11.4. The summed E-state index contributed by atoms with van der Waals surface area (Å²) in [5.74, 6) is 0.0285. The predicted octanol–water partition coefficient (Wildman–Crippen LogP) is 1.94. The molecule has 0 fully saturated rings. The minimum atomic E-state index is -0.901. The largest absolute Gasteiger partial charge is 0.490 e. The fourth-order valence-corrected chi connectivity index (χ4v) is 2.83. The van der Waals surface area contributed by atoms with Gasteiger partial charge in [0.05, 0.1) is 20.3 Å². The Bertz CT molecular complexity index is 737. The quantitative estimate of drug-likeness (QED) is 0.121. The number of amides is 1. The second-order valence-electron chi connectivity index (χ2n) is 7.19. The van der Waals surface area contributed by atoms with E-state index in [0.717, 1.165) is 5.56 Å². The zero-order chi connectivity index (χ0) is 23.9. The average Bonchev–Trinajstić information content (AvgIpc) is 2.77. The van der Waals surface area contributed by atoms with Crippen LogP contribution in [0.5, 0.6) is 5.75 Å². The first kappa shape index (κ1) is 26.7. The van der Waals surface area contributed by atoms with Gasteiger partial charge in [-0.15, -0.1) is 10.1 Å². The van der Waals surface area contributed by atoms with Crippen LogP contribution in [0, 0.1) is 10.1 Å². The van der Waals surface area contributed by atoms with Gasteiger partial charge < -0.3 is 23.9 Å². The zero-order valence-electron chi connectivity index (χ0n) is 18.6. The van der Waals surface area contributed by atoms with Crippen LogP contribution < -0.4 is 4.74 Å². The molecule has 0 aliphatic carbocycles. The summed E-state index contributed by atoms with van der Waals surface area (Å²) in [5.41, 5.74) is 0.945. The Kier molecular flexibility index (Phi) is 12.2. The van der Waals surface area contributed by atoms with Gasteiger partial charge in [-0.1, -0.05) is 12.1 Å². The van der Waals surface area contributed by atoms with Gasteiger partial charge in [0.2, 0.25) is 5.91 Å². The van der Waals surface area contributed by atoms with E-state index in [-0.39, 0.29) is 56.9 Å². The number of ether oxygens (including phenoxy) is 3. The van der Waals surface area contributed by atoms with Crippen molar-refractivity contribution in [3.8, 4) is 5.75 Å². The highest BCUT2D eigenvalue weighted by molar-refractivity contribution is 5.76. The lowest BCUT2D eigenvalue weighted by molar-refractivity contribution is -0.757. The summed E-state index contributed by atoms with van der Waals surface area (Å²) < 4.78 is 15.4. The van der Waals surface area contributed by atoms with Crippen molar-refractivity contribution in [1.82, 2.24) is 4.90 Å². The second-order valence-corrected chi connectivity index (χ2v) is 7.19. The van der Waals surface area contributed by atoms with E-state index in [9.17, 15) is 24.5 Å². The van der Waals surface area contributed by atoms with Gasteiger partial charge in [0.15, 0.2) is 6.10 Å². The van der Waals surface area contributed by atoms with E-state index in [1.54, 1.807) is 12.1 Å². The number of methoxy groups -OCH3 is 1. The molecule has 0 heterocycles. The van der Waals surface area contributed by atoms with Crippen molar-refractivity contribution in [2.75, 3.05) is 26.9 Å². The summed E-state index contributed by atoms with van der Waals surface area (Å²) >= 11 is 0. The molecule has 0 spiro atoms. The zero-order valence-corrected chi connectivity index (χ0v) is 18.6. The van der Waals surface area contributed by atoms with Crippen LogP contribution >= 0.6 is 0 Å². The van der Waals surface area contributed by atoms with Crippen LogP contribution in [-0.2, 0) is 35.1 Å². The van der Waals surface area contributed by atoms with Crippen LogP contribution in [0.15, 0.2) is 24.3 Å². The molecule has 0 saturated carbocycles. The van der Waals surface area contributed by atoms with Gasteiger partial charge in [-0.2, -0.15) is 0 Å². The maximum Gasteiger partial charge on any atom is 0.305 e. The first-order valence-electron chi connectivity index (χ1n) is 10.2. The number of carbonyl (C=O) groups excluding carboxylic acids is 3. The summed E-state index contributed by atoms with van der Waals surface area (Å²) in [6.07, 6.45) is 0.382. The molecule has 178 valence electrons. The lowest BCUT2D eigenvalue weighted by Crippen LogP contribution is -2.44. The van der Waals surface area contributed by atoms with Gasteiger partial charge in [-0.25, -0.2) is 0 Å². The number of nitrogens with zero attached hydrogens (tertiary/aromatic N) is 2. The molecular weight excluding hydrogens is 424 g/mol. The molecule has 0 saturated heterocycles. The average molecular weight is 454 g/mol. The van der Waals surface area contributed by atoms with Crippen molar-refractivity contribution in [2.45, 2.75) is 51.7 Å². The van der Waals surface area contributed by atoms with Crippen molar-refractivity contribution in [1.29, 1.82) is 0 Å². The molecular formula is C21H30N2O9. The highest BCUT2D eigenvalue weighted by atomic mass is 16.9. The first-order chi connectivity index (χ1) is 15.3. The molecule has 0 bridgehead atoms. The third kappa shape index (κ3) is 10.6. The standard InChI is InChI=1S/C21H30N2O9/c1-16(2)22(20(25)5-4-12-32-23(27)28)13-19(31-15-24)14-30-18-9-6-17(7-10-18)8-11-21(26)29-3/h6-7,9-10,15-16,19H,4-5,8,11-14H2,1-3H3. The van der Waals surface area contributed by atoms with Crippen LogP contribution in [-0.4, -0.2) is 67.3 Å². The molecule has 11 nitrogen and oxygen atoms in total. The Morgan fingerprint density at radius 2 is 1.88 bits per heavy atom. The summed E-state index contributed by atoms with van der Waals surface area (Å²) in [7, 11) is 1.34. The van der Waals surface area contributed by atoms with Crippen molar-refractivity contribution in [3.05, 3.63) is 39.9 Å². The van der Waals surface area contributed by atoms with E-state index in [1.165, 1.54) is 12.0 Å². The smallest absolute Gasteiger partial charge is 0.305 e. The number of esters is 1. The van der Waals surface area contributed by atoms with E-state index in [4.69, 9.17) is 9.47 Å². The molecule has 1 atom stereocenters. The molecule has 0 radical (unpaired) electrons. The highest BCUT2D eigenvalue weighted by Gasteiger charge is 2.23. The van der Waals surface area contributed by atoms with Crippen LogP contribution in [0.2, 0.25) is 0 Å². The molecule has 1 rings (SSSR count). The van der Waals surface area contributed by atoms with Crippen molar-refractivity contribution < 1.29 is 38.5 Å². The van der Waals surface area contributed by atoms with Crippen molar-refractivity contribution in [2.24, 2.45) is 0 Å². The second kappa shape index (κ2) is 14.6. The number of aryl methyl sites for hydroxylation is 1. The highest BCUT2D eigenvalue weighted by Crippen LogP contribution is 2.15. The molecule has 1 aromatic carbocycles. The Morgan fingerprint density at radius 3 is 2.44 bits per heavy atom. The summed E-state index contributed by atoms with van der Waals surface area (Å²) in [4.78, 5) is 50.6. The van der Waals surface area contributed by atoms with Crippen LogP contribution in [0.25, 0.3) is 0 Å². The molecule has 0 aromatic heterocycles. The molecule has 1 aromatic rings. The van der Waals surface area contributed by atoms with Gasteiger partial charge in [-0.3, -0.25) is 14.4 Å². The fraction of sp³-hybridized carbons (Fsp3) is 0.571. The number of rotatable bonds is 16. The molecule has 0 N–H and O–H groups in total. The summed E-state index contributed by atoms with van der Waals surface area (Å²) in [6, 6.07) is 6.96. The van der Waals surface area contributed by atoms with Crippen LogP contribution in [0.4, 0.5) is 0 Å². The van der Waals surface area contributed by atoms with E-state index in [2.05, 4.69) is 9.57 Å². The third-order valence-corrected chi connectivity index (χ3v) is 4.53. The SMILES string of the molecule is COC(=O)CCc1ccc(OCC(CN(C(=O)CCCO[N+](=O)[O-])C(C)C)OC=O)cc1. The molecule has 1 amide bonds. The molecule has 0 aliphatic rings. The van der Waals surface area contributed by atoms with Gasteiger partial charge in [-0.05, 0) is 44.4 Å². The number of benzene rings is 1. The summed E-state index contributed by atoms with van der Waals surface area (Å²) in [5, 5.41) is 9.29. The predicted molar refractivity (Wildman–Crippen MR) is 112 cm³/mol. The van der Waals surface area contributed by atoms with Crippen molar-refractivity contribution >= 4 is 18.3 Å². The number of hydrogen-bond acceptors (Lipinski definition) is 9. The molecule has 32 heavy (non-hydrogen) atoms. The molecule has 0 aliphatic heterocycles. The maximum absolute atomic E-state index is 12.5. The van der Waals surface area contributed by atoms with E-state index in [1.807, 2.05) is 26.0 Å². The minimum absolute atomic E-state index is 0.0290. The lowest BCUT2D eigenvalue weighted by Gasteiger charge is -2.30. The van der Waals surface area contributed by atoms with Gasteiger partial charge in [0.25, 0.3) is 11.6 Å². The Balaban J connectivity index is 2.60. The maximum atomic E-state index is 12.5. The number of carbonyl (C=O) groups is 3. The van der Waals surface area contributed by atoms with Gasteiger partial charge in [0, 0.05) is 18.9 Å². The number of hydrogen-bond donors (Lipinski definition) is 0. The molecule has 11 heteroatoms. The van der Waals surface area contributed by atoms with E-state index >= 15 is 0 Å². The first-order valence-corrected chi connectivity index (χ1v) is 10.2. The Hall–Kier alpha value is -3.37. The van der Waals surface area contributed by atoms with Gasteiger partial charge >= 0.3 is 5.97 Å². The molecule has 1 unspecified atom stereocenters. The monoisotopic (exact) mass is 454 g/mol. The summed E-state index contributed by atoms with van der Waals surface area (Å²) in [6.45, 7) is 3.91. The van der Waals surface area contributed by atoms with Crippen molar-refractivity contribution in [3.63, 3.8) is 0 Å². The minimum Gasteiger partial charge on any atom is -0.490 e.